The van der Waals surface area contributed by atoms with Crippen LogP contribution in [0.1, 0.15) is 30.6 Å². The van der Waals surface area contributed by atoms with Crippen molar-refractivity contribution in [1.82, 2.24) is 4.90 Å². The van der Waals surface area contributed by atoms with Gasteiger partial charge in [-0.15, -0.1) is 0 Å². The first kappa shape index (κ1) is 20.9. The van der Waals surface area contributed by atoms with Crippen LogP contribution in [0.3, 0.4) is 0 Å². The van der Waals surface area contributed by atoms with Gasteiger partial charge in [0.25, 0.3) is 0 Å². The van der Waals surface area contributed by atoms with Crippen molar-refractivity contribution in [3.63, 3.8) is 0 Å². The van der Waals surface area contributed by atoms with E-state index in [4.69, 9.17) is 11.6 Å². The van der Waals surface area contributed by atoms with Gasteiger partial charge in [-0.05, 0) is 52.3 Å². The Balaban J connectivity index is 1.35. The van der Waals surface area contributed by atoms with E-state index in [-0.39, 0.29) is 5.92 Å². The lowest BCUT2D eigenvalue weighted by Crippen LogP contribution is -2.34. The normalized spacial score (nSPS) is 16.7. The third-order valence-corrected chi connectivity index (χ3v) is 6.20. The van der Waals surface area contributed by atoms with Crippen LogP contribution in [0, 0.1) is 5.92 Å². The molecule has 30 heavy (non-hydrogen) atoms. The minimum Gasteiger partial charge on any atom is -0.388 e. The van der Waals surface area contributed by atoms with Crippen molar-refractivity contribution in [3.8, 4) is 11.1 Å². The number of halogens is 1. The molecule has 0 spiro atoms. The van der Waals surface area contributed by atoms with Crippen molar-refractivity contribution in [2.24, 2.45) is 5.92 Å². The SMILES string of the molecule is CC(CN1CC=C(c2ccccc2)CC1)C(O)c1ccc(-c2ccc(Cl)cc2)cc1. The summed E-state index contributed by atoms with van der Waals surface area (Å²) in [5.74, 6) is 0.165. The Labute approximate surface area is 184 Å². The summed E-state index contributed by atoms with van der Waals surface area (Å²) >= 11 is 5.98. The van der Waals surface area contributed by atoms with E-state index in [1.165, 1.54) is 11.1 Å². The van der Waals surface area contributed by atoms with Gasteiger partial charge in [-0.3, -0.25) is 4.90 Å². The molecular weight excluding hydrogens is 390 g/mol. The molecule has 0 fully saturated rings. The van der Waals surface area contributed by atoms with Crippen molar-refractivity contribution in [1.29, 1.82) is 0 Å². The van der Waals surface area contributed by atoms with Crippen LogP contribution in [-0.2, 0) is 0 Å². The summed E-state index contributed by atoms with van der Waals surface area (Å²) < 4.78 is 0. The fraction of sp³-hybridized carbons (Fsp3) is 0.259. The van der Waals surface area contributed by atoms with Crippen LogP contribution < -0.4 is 0 Å². The maximum atomic E-state index is 10.9. The molecule has 4 rings (SSSR count). The maximum absolute atomic E-state index is 10.9. The zero-order valence-corrected chi connectivity index (χ0v) is 18.1. The number of hydrogen-bond donors (Lipinski definition) is 1. The molecule has 2 unspecified atom stereocenters. The van der Waals surface area contributed by atoms with Crippen molar-refractivity contribution in [2.45, 2.75) is 19.4 Å². The first-order valence-electron chi connectivity index (χ1n) is 10.6. The molecule has 0 amide bonds. The van der Waals surface area contributed by atoms with Gasteiger partial charge in [-0.25, -0.2) is 0 Å². The molecule has 2 atom stereocenters. The molecule has 0 saturated heterocycles. The Morgan fingerprint density at radius 3 is 2.10 bits per heavy atom. The van der Waals surface area contributed by atoms with E-state index in [9.17, 15) is 5.11 Å². The average Bonchev–Trinajstić information content (AvgIpc) is 2.80. The third kappa shape index (κ3) is 5.02. The Morgan fingerprint density at radius 2 is 1.50 bits per heavy atom. The second-order valence-electron chi connectivity index (χ2n) is 8.16. The van der Waals surface area contributed by atoms with Gasteiger partial charge in [0.05, 0.1) is 6.10 Å². The van der Waals surface area contributed by atoms with E-state index >= 15 is 0 Å². The Morgan fingerprint density at radius 1 is 0.867 bits per heavy atom. The van der Waals surface area contributed by atoms with Crippen LogP contribution in [0.2, 0.25) is 5.02 Å². The summed E-state index contributed by atoms with van der Waals surface area (Å²) in [5.41, 5.74) is 5.98. The third-order valence-electron chi connectivity index (χ3n) is 5.95. The summed E-state index contributed by atoms with van der Waals surface area (Å²) in [6, 6.07) is 26.7. The molecule has 3 heteroatoms. The molecule has 0 saturated carbocycles. The van der Waals surface area contributed by atoms with Gasteiger partial charge in [0.15, 0.2) is 0 Å². The summed E-state index contributed by atoms with van der Waals surface area (Å²) in [5, 5.41) is 11.6. The van der Waals surface area contributed by atoms with Crippen molar-refractivity contribution < 1.29 is 5.11 Å². The van der Waals surface area contributed by atoms with E-state index in [1.54, 1.807) is 0 Å². The van der Waals surface area contributed by atoms with E-state index in [1.807, 2.05) is 36.4 Å². The molecule has 3 aromatic rings. The highest BCUT2D eigenvalue weighted by molar-refractivity contribution is 6.30. The highest BCUT2D eigenvalue weighted by Gasteiger charge is 2.21. The van der Waals surface area contributed by atoms with Gasteiger partial charge < -0.3 is 5.11 Å². The Kier molecular flexibility index (Phi) is 6.69. The van der Waals surface area contributed by atoms with Crippen LogP contribution >= 0.6 is 11.6 Å². The van der Waals surface area contributed by atoms with Crippen molar-refractivity contribution in [3.05, 3.63) is 101 Å². The predicted molar refractivity (Wildman–Crippen MR) is 126 cm³/mol. The summed E-state index contributed by atoms with van der Waals surface area (Å²) in [7, 11) is 0. The lowest BCUT2D eigenvalue weighted by atomic mass is 9.94. The Bertz CT molecular complexity index is 980. The minimum absolute atomic E-state index is 0.165. The first-order valence-corrected chi connectivity index (χ1v) is 11.0. The zero-order chi connectivity index (χ0) is 20.9. The van der Waals surface area contributed by atoms with E-state index in [0.29, 0.717) is 0 Å². The van der Waals surface area contributed by atoms with Crippen LogP contribution in [0.25, 0.3) is 16.7 Å². The fourth-order valence-electron chi connectivity index (χ4n) is 4.14. The molecule has 2 nitrogen and oxygen atoms in total. The quantitative estimate of drug-likeness (QED) is 0.497. The standard InChI is InChI=1S/C27H28ClNO/c1-20(19-29-17-15-24(16-18-29)21-5-3-2-4-6-21)27(30)25-9-7-22(8-10-25)23-11-13-26(28)14-12-23/h2-15,20,27,30H,16-19H2,1H3. The highest BCUT2D eigenvalue weighted by atomic mass is 35.5. The van der Waals surface area contributed by atoms with Crippen molar-refractivity contribution >= 4 is 17.2 Å². The second-order valence-corrected chi connectivity index (χ2v) is 8.59. The second kappa shape index (κ2) is 9.61. The summed E-state index contributed by atoms with van der Waals surface area (Å²) in [6.07, 6.45) is 2.92. The molecular formula is C27H28ClNO. The van der Waals surface area contributed by atoms with E-state index in [2.05, 4.69) is 60.4 Å². The number of rotatable bonds is 6. The number of aliphatic hydroxyl groups excluding tert-OH is 1. The van der Waals surface area contributed by atoms with Crippen LogP contribution in [0.5, 0.6) is 0 Å². The van der Waals surface area contributed by atoms with Crippen LogP contribution in [-0.4, -0.2) is 29.6 Å². The van der Waals surface area contributed by atoms with Gasteiger partial charge in [0, 0.05) is 24.7 Å². The van der Waals surface area contributed by atoms with Gasteiger partial charge in [0.2, 0.25) is 0 Å². The highest BCUT2D eigenvalue weighted by Crippen LogP contribution is 2.28. The number of hydrogen-bond acceptors (Lipinski definition) is 2. The number of nitrogens with zero attached hydrogens (tertiary/aromatic N) is 1. The first-order chi connectivity index (χ1) is 14.6. The maximum Gasteiger partial charge on any atom is 0.0827 e. The lowest BCUT2D eigenvalue weighted by Gasteiger charge is -2.31. The lowest BCUT2D eigenvalue weighted by molar-refractivity contribution is 0.0911. The molecule has 1 aliphatic heterocycles. The largest absolute Gasteiger partial charge is 0.388 e. The fourth-order valence-corrected chi connectivity index (χ4v) is 4.27. The molecule has 0 bridgehead atoms. The van der Waals surface area contributed by atoms with Gasteiger partial charge in [-0.2, -0.15) is 0 Å². The van der Waals surface area contributed by atoms with Gasteiger partial charge >= 0.3 is 0 Å². The predicted octanol–water partition coefficient (Wildman–Crippen LogP) is 6.47. The van der Waals surface area contributed by atoms with Crippen LogP contribution in [0.4, 0.5) is 0 Å². The van der Waals surface area contributed by atoms with Crippen molar-refractivity contribution in [2.75, 3.05) is 19.6 Å². The van der Waals surface area contributed by atoms with Crippen LogP contribution in [0.15, 0.2) is 84.9 Å². The summed E-state index contributed by atoms with van der Waals surface area (Å²) in [4.78, 5) is 2.43. The molecule has 1 aliphatic rings. The van der Waals surface area contributed by atoms with E-state index < -0.39 is 6.10 Å². The molecule has 0 radical (unpaired) electrons. The monoisotopic (exact) mass is 417 g/mol. The Hall–Kier alpha value is -2.39. The smallest absolute Gasteiger partial charge is 0.0827 e. The zero-order valence-electron chi connectivity index (χ0n) is 17.3. The van der Waals surface area contributed by atoms with Gasteiger partial charge in [-0.1, -0.05) is 91.3 Å². The minimum atomic E-state index is -0.469. The van der Waals surface area contributed by atoms with Gasteiger partial charge in [0.1, 0.15) is 0 Å². The average molecular weight is 418 g/mol. The molecule has 1 heterocycles. The molecule has 0 aromatic heterocycles. The van der Waals surface area contributed by atoms with E-state index in [0.717, 1.165) is 47.8 Å². The molecule has 3 aromatic carbocycles. The number of benzene rings is 3. The topological polar surface area (TPSA) is 23.5 Å². The summed E-state index contributed by atoms with van der Waals surface area (Å²) in [6.45, 7) is 5.00. The molecule has 154 valence electrons. The molecule has 0 aliphatic carbocycles. The molecule has 1 N–H and O–H groups in total. The number of aliphatic hydroxyl groups is 1.